The maximum Gasteiger partial charge on any atom is 0.216 e. The largest absolute Gasteiger partial charge is 0.216 e. The summed E-state index contributed by atoms with van der Waals surface area (Å²) in [5.74, 6) is 0.0494. The zero-order valence-corrected chi connectivity index (χ0v) is 11.3. The van der Waals surface area contributed by atoms with E-state index in [1.165, 1.54) is 0 Å². The van der Waals surface area contributed by atoms with Gasteiger partial charge in [0.2, 0.25) is 10.0 Å². The van der Waals surface area contributed by atoms with E-state index in [1.54, 1.807) is 0 Å². The number of fused-ring (bicyclic) bond motifs is 2. The monoisotopic (exact) mass is 311 g/mol. The Kier molecular flexibility index (Phi) is 2.50. The van der Waals surface area contributed by atoms with Gasteiger partial charge in [0.25, 0.3) is 0 Å². The fourth-order valence-corrected chi connectivity index (χ4v) is 4.27. The quantitative estimate of drug-likeness (QED) is 0.812. The zero-order valence-electron chi connectivity index (χ0n) is 8.90. The SMILES string of the molecule is O=S1(=O)Cc2c(cc3ccccc3c2Br)CN1. The summed E-state index contributed by atoms with van der Waals surface area (Å²) >= 11 is 3.53. The minimum atomic E-state index is -3.17. The molecule has 17 heavy (non-hydrogen) atoms. The number of hydrogen-bond acceptors (Lipinski definition) is 2. The average molecular weight is 312 g/mol. The van der Waals surface area contributed by atoms with Gasteiger partial charge < -0.3 is 0 Å². The van der Waals surface area contributed by atoms with Gasteiger partial charge in [-0.3, -0.25) is 0 Å². The number of rotatable bonds is 0. The third kappa shape index (κ3) is 1.88. The molecule has 0 saturated carbocycles. The van der Waals surface area contributed by atoms with Crippen LogP contribution in [0.15, 0.2) is 34.8 Å². The molecule has 0 aromatic heterocycles. The van der Waals surface area contributed by atoms with Gasteiger partial charge in [0.05, 0.1) is 5.75 Å². The third-order valence-corrected chi connectivity index (χ3v) is 5.16. The fourth-order valence-electron chi connectivity index (χ4n) is 2.14. The molecule has 0 radical (unpaired) electrons. The first kappa shape index (κ1) is 11.2. The molecule has 88 valence electrons. The van der Waals surface area contributed by atoms with E-state index in [2.05, 4.69) is 26.7 Å². The summed E-state index contributed by atoms with van der Waals surface area (Å²) in [6.45, 7) is 0.376. The van der Waals surface area contributed by atoms with Gasteiger partial charge in [-0.2, -0.15) is 0 Å². The van der Waals surface area contributed by atoms with Crippen LogP contribution in [0.25, 0.3) is 10.8 Å². The molecule has 3 nitrogen and oxygen atoms in total. The highest BCUT2D eigenvalue weighted by Crippen LogP contribution is 2.33. The van der Waals surface area contributed by atoms with Crippen LogP contribution in [0.5, 0.6) is 0 Å². The number of sulfonamides is 1. The lowest BCUT2D eigenvalue weighted by molar-refractivity contribution is 0.575. The Bertz CT molecular complexity index is 710. The minimum absolute atomic E-state index is 0.0494. The molecule has 1 N–H and O–H groups in total. The molecule has 0 amide bonds. The second-order valence-electron chi connectivity index (χ2n) is 4.13. The lowest BCUT2D eigenvalue weighted by atomic mass is 10.0. The molecule has 0 spiro atoms. The van der Waals surface area contributed by atoms with E-state index in [9.17, 15) is 8.42 Å². The van der Waals surface area contributed by atoms with E-state index in [0.29, 0.717) is 6.54 Å². The van der Waals surface area contributed by atoms with Crippen LogP contribution < -0.4 is 4.72 Å². The van der Waals surface area contributed by atoms with Gasteiger partial charge >= 0.3 is 0 Å². The Labute approximate surface area is 108 Å². The second-order valence-corrected chi connectivity index (χ2v) is 6.73. The van der Waals surface area contributed by atoms with Crippen molar-refractivity contribution in [2.24, 2.45) is 0 Å². The second kappa shape index (κ2) is 3.80. The number of benzene rings is 2. The van der Waals surface area contributed by atoms with E-state index >= 15 is 0 Å². The molecule has 2 aromatic carbocycles. The van der Waals surface area contributed by atoms with E-state index in [4.69, 9.17) is 0 Å². The molecule has 0 unspecified atom stereocenters. The first-order valence-electron chi connectivity index (χ1n) is 5.23. The normalized spacial score (nSPS) is 17.9. The highest BCUT2D eigenvalue weighted by molar-refractivity contribution is 9.10. The van der Waals surface area contributed by atoms with Crippen LogP contribution in [0.2, 0.25) is 0 Å². The Morgan fingerprint density at radius 3 is 2.82 bits per heavy atom. The van der Waals surface area contributed by atoms with Crippen LogP contribution in [-0.4, -0.2) is 8.42 Å². The summed E-state index contributed by atoms with van der Waals surface area (Å²) in [6.07, 6.45) is 0. The van der Waals surface area contributed by atoms with Crippen molar-refractivity contribution in [3.8, 4) is 0 Å². The van der Waals surface area contributed by atoms with Crippen molar-refractivity contribution in [2.45, 2.75) is 12.3 Å². The van der Waals surface area contributed by atoms with Gasteiger partial charge in [0.15, 0.2) is 0 Å². The molecular formula is C12H10BrNO2S. The molecule has 0 atom stereocenters. The van der Waals surface area contributed by atoms with Gasteiger partial charge in [0.1, 0.15) is 0 Å². The van der Waals surface area contributed by atoms with Crippen molar-refractivity contribution in [1.82, 2.24) is 4.72 Å². The van der Waals surface area contributed by atoms with Crippen molar-refractivity contribution in [2.75, 3.05) is 0 Å². The van der Waals surface area contributed by atoms with Crippen LogP contribution in [-0.2, 0) is 22.3 Å². The van der Waals surface area contributed by atoms with Crippen molar-refractivity contribution >= 4 is 36.7 Å². The van der Waals surface area contributed by atoms with Crippen molar-refractivity contribution in [1.29, 1.82) is 0 Å². The van der Waals surface area contributed by atoms with Gasteiger partial charge in [-0.05, 0) is 43.9 Å². The van der Waals surface area contributed by atoms with Crippen LogP contribution >= 0.6 is 15.9 Å². The molecule has 1 aliphatic rings. The molecule has 1 aliphatic heterocycles. The van der Waals surface area contributed by atoms with Gasteiger partial charge in [-0.1, -0.05) is 24.3 Å². The Morgan fingerprint density at radius 2 is 2.00 bits per heavy atom. The topological polar surface area (TPSA) is 46.2 Å². The molecule has 3 rings (SSSR count). The maximum absolute atomic E-state index is 11.6. The maximum atomic E-state index is 11.6. The first-order valence-corrected chi connectivity index (χ1v) is 7.68. The smallest absolute Gasteiger partial charge is 0.212 e. The van der Waals surface area contributed by atoms with Gasteiger partial charge in [-0.25, -0.2) is 13.1 Å². The predicted molar refractivity (Wildman–Crippen MR) is 71.1 cm³/mol. The lowest BCUT2D eigenvalue weighted by Crippen LogP contribution is -2.30. The van der Waals surface area contributed by atoms with E-state index in [0.717, 1.165) is 26.4 Å². The predicted octanol–water partition coefficient (Wildman–Crippen LogP) is 2.54. The van der Waals surface area contributed by atoms with Crippen LogP contribution in [0.4, 0.5) is 0 Å². The lowest BCUT2D eigenvalue weighted by Gasteiger charge is -2.20. The van der Waals surface area contributed by atoms with Crippen LogP contribution in [0.3, 0.4) is 0 Å². The number of hydrogen-bond donors (Lipinski definition) is 1. The summed E-state index contributed by atoms with van der Waals surface area (Å²) < 4.78 is 26.6. The molecular weight excluding hydrogens is 302 g/mol. The fraction of sp³-hybridized carbons (Fsp3) is 0.167. The molecule has 2 aromatic rings. The van der Waals surface area contributed by atoms with E-state index in [1.807, 2.05) is 24.3 Å². The van der Waals surface area contributed by atoms with Crippen molar-refractivity contribution in [3.05, 3.63) is 45.9 Å². The highest BCUT2D eigenvalue weighted by atomic mass is 79.9. The van der Waals surface area contributed by atoms with Crippen molar-refractivity contribution < 1.29 is 8.42 Å². The third-order valence-electron chi connectivity index (χ3n) is 3.00. The Hall–Kier alpha value is -0.910. The van der Waals surface area contributed by atoms with Crippen molar-refractivity contribution in [3.63, 3.8) is 0 Å². The summed E-state index contributed by atoms with van der Waals surface area (Å²) in [5.41, 5.74) is 1.92. The van der Waals surface area contributed by atoms with Crippen LogP contribution in [0.1, 0.15) is 11.1 Å². The van der Waals surface area contributed by atoms with E-state index in [-0.39, 0.29) is 5.75 Å². The Balaban J connectivity index is 2.34. The molecule has 5 heteroatoms. The first-order chi connectivity index (χ1) is 8.07. The van der Waals surface area contributed by atoms with Gasteiger partial charge in [-0.15, -0.1) is 0 Å². The average Bonchev–Trinajstić information content (AvgIpc) is 2.30. The summed E-state index contributed by atoms with van der Waals surface area (Å²) in [6, 6.07) is 10.0. The molecule has 0 fully saturated rings. The van der Waals surface area contributed by atoms with Crippen LogP contribution in [0, 0.1) is 0 Å². The highest BCUT2D eigenvalue weighted by Gasteiger charge is 2.23. The molecule has 1 heterocycles. The Morgan fingerprint density at radius 1 is 1.24 bits per heavy atom. The minimum Gasteiger partial charge on any atom is -0.212 e. The number of halogens is 1. The number of nitrogens with one attached hydrogen (secondary N) is 1. The molecule has 0 aliphatic carbocycles. The summed E-state index contributed by atoms with van der Waals surface area (Å²) in [7, 11) is -3.17. The zero-order chi connectivity index (χ0) is 12.0. The summed E-state index contributed by atoms with van der Waals surface area (Å²) in [4.78, 5) is 0. The summed E-state index contributed by atoms with van der Waals surface area (Å²) in [5, 5.41) is 2.18. The standard InChI is InChI=1S/C12H10BrNO2S/c13-12-10-4-2-1-3-8(10)5-9-6-14-17(15,16)7-11(9)12/h1-5,14H,6-7H2. The van der Waals surface area contributed by atoms with Gasteiger partial charge in [0, 0.05) is 11.0 Å². The molecule has 0 saturated heterocycles. The molecule has 0 bridgehead atoms. The van der Waals surface area contributed by atoms with E-state index < -0.39 is 10.0 Å².